The van der Waals surface area contributed by atoms with Crippen molar-refractivity contribution < 1.29 is 9.21 Å². The fraction of sp³-hybridized carbons (Fsp3) is 0.562. The Hall–Kier alpha value is -1.55. The molecule has 4 nitrogen and oxygen atoms in total. The van der Waals surface area contributed by atoms with Crippen LogP contribution in [0.3, 0.4) is 0 Å². The van der Waals surface area contributed by atoms with Gasteiger partial charge in [-0.15, -0.1) is 6.58 Å². The average molecular weight is 274 g/mol. The molecular formula is C16H22N2O2. The summed E-state index contributed by atoms with van der Waals surface area (Å²) in [6, 6.07) is 3.95. The SMILES string of the molecule is C=CCN1C(=O)CCC12CCN(Cc1ccco1)CC2. The van der Waals surface area contributed by atoms with Crippen molar-refractivity contribution in [1.29, 1.82) is 0 Å². The summed E-state index contributed by atoms with van der Waals surface area (Å²) >= 11 is 0. The Balaban J connectivity index is 1.62. The summed E-state index contributed by atoms with van der Waals surface area (Å²) in [5, 5.41) is 0. The second kappa shape index (κ2) is 5.44. The van der Waals surface area contributed by atoms with Crippen LogP contribution in [0.15, 0.2) is 35.5 Å². The van der Waals surface area contributed by atoms with Crippen LogP contribution < -0.4 is 0 Å². The predicted molar refractivity (Wildman–Crippen MR) is 77.1 cm³/mol. The summed E-state index contributed by atoms with van der Waals surface area (Å²) < 4.78 is 5.41. The third-order valence-corrected chi connectivity index (χ3v) is 4.74. The number of carbonyl (C=O) groups excluding carboxylic acids is 1. The lowest BCUT2D eigenvalue weighted by Gasteiger charge is -2.44. The van der Waals surface area contributed by atoms with Crippen LogP contribution in [0.5, 0.6) is 0 Å². The standard InChI is InChI=1S/C16H22N2O2/c1-2-9-18-15(19)5-6-16(18)7-10-17(11-8-16)13-14-4-3-12-20-14/h2-4,12H,1,5-11,13H2. The van der Waals surface area contributed by atoms with Crippen molar-refractivity contribution in [2.24, 2.45) is 0 Å². The zero-order valence-corrected chi connectivity index (χ0v) is 11.9. The third kappa shape index (κ3) is 2.40. The highest BCUT2D eigenvalue weighted by Gasteiger charge is 2.46. The maximum absolute atomic E-state index is 12.0. The molecule has 2 saturated heterocycles. The van der Waals surface area contributed by atoms with E-state index in [0.717, 1.165) is 44.7 Å². The van der Waals surface area contributed by atoms with Crippen molar-refractivity contribution in [3.63, 3.8) is 0 Å². The molecule has 2 aliphatic rings. The Kier molecular flexibility index (Phi) is 3.66. The van der Waals surface area contributed by atoms with Crippen molar-refractivity contribution >= 4 is 5.91 Å². The highest BCUT2D eigenvalue weighted by atomic mass is 16.3. The second-order valence-corrected chi connectivity index (χ2v) is 5.87. The van der Waals surface area contributed by atoms with Crippen molar-refractivity contribution in [2.45, 2.75) is 37.8 Å². The molecular weight excluding hydrogens is 252 g/mol. The Morgan fingerprint density at radius 1 is 1.35 bits per heavy atom. The molecule has 0 radical (unpaired) electrons. The zero-order chi connectivity index (χ0) is 14.0. The molecule has 0 aromatic carbocycles. The molecule has 3 heterocycles. The molecule has 0 unspecified atom stereocenters. The van der Waals surface area contributed by atoms with Gasteiger partial charge in [-0.25, -0.2) is 0 Å². The molecule has 1 aromatic heterocycles. The van der Waals surface area contributed by atoms with E-state index in [9.17, 15) is 4.79 Å². The summed E-state index contributed by atoms with van der Waals surface area (Å²) in [6.07, 6.45) is 7.41. The molecule has 20 heavy (non-hydrogen) atoms. The fourth-order valence-electron chi connectivity index (χ4n) is 3.57. The van der Waals surface area contributed by atoms with E-state index in [1.807, 2.05) is 18.2 Å². The molecule has 0 saturated carbocycles. The predicted octanol–water partition coefficient (Wildman–Crippen LogP) is 2.42. The molecule has 2 fully saturated rings. The van der Waals surface area contributed by atoms with Crippen molar-refractivity contribution in [3.05, 3.63) is 36.8 Å². The summed E-state index contributed by atoms with van der Waals surface area (Å²) in [5.41, 5.74) is 0.0882. The molecule has 4 heteroatoms. The summed E-state index contributed by atoms with van der Waals surface area (Å²) in [7, 11) is 0. The third-order valence-electron chi connectivity index (χ3n) is 4.74. The van der Waals surface area contributed by atoms with Gasteiger partial charge in [0.15, 0.2) is 0 Å². The number of nitrogens with zero attached hydrogens (tertiary/aromatic N) is 2. The summed E-state index contributed by atoms with van der Waals surface area (Å²) in [5.74, 6) is 1.32. The molecule has 3 rings (SSSR count). The molecule has 0 aliphatic carbocycles. The van der Waals surface area contributed by atoms with E-state index < -0.39 is 0 Å². The second-order valence-electron chi connectivity index (χ2n) is 5.87. The van der Waals surface area contributed by atoms with E-state index in [4.69, 9.17) is 4.42 Å². The summed E-state index contributed by atoms with van der Waals surface area (Å²) in [6.45, 7) is 7.41. The largest absolute Gasteiger partial charge is 0.468 e. The van der Waals surface area contributed by atoms with E-state index in [2.05, 4.69) is 16.4 Å². The minimum Gasteiger partial charge on any atom is -0.468 e. The Morgan fingerprint density at radius 3 is 2.80 bits per heavy atom. The minimum atomic E-state index is 0.0882. The lowest BCUT2D eigenvalue weighted by atomic mass is 9.85. The monoisotopic (exact) mass is 274 g/mol. The number of piperidine rings is 1. The van der Waals surface area contributed by atoms with Crippen LogP contribution in [0.1, 0.15) is 31.4 Å². The highest BCUT2D eigenvalue weighted by Crippen LogP contribution is 2.39. The molecule has 0 bridgehead atoms. The molecule has 0 atom stereocenters. The van der Waals surface area contributed by atoms with E-state index in [-0.39, 0.29) is 5.54 Å². The van der Waals surface area contributed by atoms with Gasteiger partial charge in [0.05, 0.1) is 12.8 Å². The Morgan fingerprint density at radius 2 is 2.15 bits per heavy atom. The first-order chi connectivity index (χ1) is 9.73. The van der Waals surface area contributed by atoms with Gasteiger partial charge in [0.1, 0.15) is 5.76 Å². The number of amides is 1. The average Bonchev–Trinajstić information content (AvgIpc) is 3.06. The maximum Gasteiger partial charge on any atom is 0.223 e. The lowest BCUT2D eigenvalue weighted by Crippen LogP contribution is -2.52. The number of carbonyl (C=O) groups is 1. The van der Waals surface area contributed by atoms with Gasteiger partial charge < -0.3 is 9.32 Å². The van der Waals surface area contributed by atoms with E-state index in [1.165, 1.54) is 0 Å². The van der Waals surface area contributed by atoms with Gasteiger partial charge in [0.25, 0.3) is 0 Å². The van der Waals surface area contributed by atoms with Crippen LogP contribution in [-0.4, -0.2) is 40.9 Å². The smallest absolute Gasteiger partial charge is 0.223 e. The van der Waals surface area contributed by atoms with Crippen molar-refractivity contribution in [3.8, 4) is 0 Å². The normalized spacial score (nSPS) is 22.6. The van der Waals surface area contributed by atoms with Gasteiger partial charge >= 0.3 is 0 Å². The fourth-order valence-corrected chi connectivity index (χ4v) is 3.57. The zero-order valence-electron chi connectivity index (χ0n) is 11.9. The molecule has 1 amide bonds. The molecule has 108 valence electrons. The van der Waals surface area contributed by atoms with Gasteiger partial charge in [0.2, 0.25) is 5.91 Å². The highest BCUT2D eigenvalue weighted by molar-refractivity contribution is 5.80. The van der Waals surface area contributed by atoms with Gasteiger partial charge in [-0.3, -0.25) is 9.69 Å². The first kappa shape index (κ1) is 13.4. The van der Waals surface area contributed by atoms with Crippen LogP contribution in [-0.2, 0) is 11.3 Å². The van der Waals surface area contributed by atoms with Crippen LogP contribution in [0.2, 0.25) is 0 Å². The number of hydrogen-bond acceptors (Lipinski definition) is 3. The molecule has 2 aliphatic heterocycles. The number of rotatable bonds is 4. The Bertz CT molecular complexity index is 473. The number of likely N-dealkylation sites (tertiary alicyclic amines) is 2. The maximum atomic E-state index is 12.0. The topological polar surface area (TPSA) is 36.7 Å². The quantitative estimate of drug-likeness (QED) is 0.791. The number of furan rings is 1. The van der Waals surface area contributed by atoms with E-state index in [0.29, 0.717) is 18.9 Å². The molecule has 0 N–H and O–H groups in total. The molecule has 1 aromatic rings. The lowest BCUT2D eigenvalue weighted by molar-refractivity contribution is -0.131. The van der Waals surface area contributed by atoms with Gasteiger partial charge in [-0.2, -0.15) is 0 Å². The first-order valence-electron chi connectivity index (χ1n) is 7.40. The Labute approximate surface area is 120 Å². The molecule has 1 spiro atoms. The van der Waals surface area contributed by atoms with E-state index >= 15 is 0 Å². The van der Waals surface area contributed by atoms with Crippen molar-refractivity contribution in [2.75, 3.05) is 19.6 Å². The summed E-state index contributed by atoms with van der Waals surface area (Å²) in [4.78, 5) is 16.5. The van der Waals surface area contributed by atoms with Gasteiger partial charge in [-0.05, 0) is 31.4 Å². The van der Waals surface area contributed by atoms with Crippen LogP contribution >= 0.6 is 0 Å². The van der Waals surface area contributed by atoms with Crippen LogP contribution in [0, 0.1) is 0 Å². The van der Waals surface area contributed by atoms with Gasteiger partial charge in [-0.1, -0.05) is 6.08 Å². The van der Waals surface area contributed by atoms with Gasteiger partial charge in [0, 0.05) is 31.6 Å². The van der Waals surface area contributed by atoms with E-state index in [1.54, 1.807) is 6.26 Å². The van der Waals surface area contributed by atoms with Crippen LogP contribution in [0.4, 0.5) is 0 Å². The van der Waals surface area contributed by atoms with Crippen LogP contribution in [0.25, 0.3) is 0 Å². The van der Waals surface area contributed by atoms with Crippen molar-refractivity contribution in [1.82, 2.24) is 9.80 Å². The number of hydrogen-bond donors (Lipinski definition) is 0. The minimum absolute atomic E-state index is 0.0882. The first-order valence-corrected chi connectivity index (χ1v) is 7.40.